The molecule has 0 aliphatic heterocycles. The summed E-state index contributed by atoms with van der Waals surface area (Å²) in [4.78, 5) is 11.2. The zero-order valence-corrected chi connectivity index (χ0v) is 12.7. The van der Waals surface area contributed by atoms with Crippen molar-refractivity contribution in [2.75, 3.05) is 0 Å². The Morgan fingerprint density at radius 1 is 1.35 bits per heavy atom. The van der Waals surface area contributed by atoms with Crippen LogP contribution in [0.2, 0.25) is 5.02 Å². The van der Waals surface area contributed by atoms with E-state index in [1.54, 1.807) is 16.8 Å². The maximum atomic E-state index is 11.2. The van der Waals surface area contributed by atoms with Crippen molar-refractivity contribution in [3.8, 4) is 11.1 Å². The summed E-state index contributed by atoms with van der Waals surface area (Å²) in [6.07, 6.45) is 1.90. The van der Waals surface area contributed by atoms with Crippen LogP contribution in [0, 0.1) is 0 Å². The van der Waals surface area contributed by atoms with E-state index in [1.165, 1.54) is 0 Å². The predicted octanol–water partition coefficient (Wildman–Crippen LogP) is 3.74. The van der Waals surface area contributed by atoms with Crippen LogP contribution in [0.3, 0.4) is 0 Å². The fourth-order valence-electron chi connectivity index (χ4n) is 2.11. The molecule has 2 rings (SSSR count). The number of hydrogen-bond donors (Lipinski definition) is 1. The van der Waals surface area contributed by atoms with E-state index in [1.807, 2.05) is 19.3 Å². The number of aryl methyl sites for hydroxylation is 1. The summed E-state index contributed by atoms with van der Waals surface area (Å²) in [7, 11) is 1.85. The predicted molar refractivity (Wildman–Crippen MR) is 79.3 cm³/mol. The molecule has 0 radical (unpaired) electrons. The van der Waals surface area contributed by atoms with Gasteiger partial charge in [0.15, 0.2) is 0 Å². The topological polar surface area (TPSA) is 55.1 Å². The van der Waals surface area contributed by atoms with Crippen LogP contribution in [0.4, 0.5) is 0 Å². The average molecular weight is 293 g/mol. The summed E-state index contributed by atoms with van der Waals surface area (Å²) < 4.78 is 1.74. The Morgan fingerprint density at radius 2 is 2.00 bits per heavy atom. The molecule has 0 spiro atoms. The Labute approximate surface area is 123 Å². The molecule has 0 atom stereocenters. The minimum absolute atomic E-state index is 0.105. The molecule has 0 saturated carbocycles. The van der Waals surface area contributed by atoms with Gasteiger partial charge in [-0.05, 0) is 17.7 Å². The Balaban J connectivity index is 2.63. The average Bonchev–Trinajstić information content (AvgIpc) is 2.71. The number of carboxylic acid groups (broad SMARTS) is 1. The van der Waals surface area contributed by atoms with Crippen molar-refractivity contribution in [1.29, 1.82) is 0 Å². The van der Waals surface area contributed by atoms with Crippen LogP contribution < -0.4 is 0 Å². The van der Waals surface area contributed by atoms with Crippen molar-refractivity contribution in [2.45, 2.75) is 26.2 Å². The van der Waals surface area contributed by atoms with Crippen molar-refractivity contribution in [3.63, 3.8) is 0 Å². The maximum absolute atomic E-state index is 11.2. The van der Waals surface area contributed by atoms with Gasteiger partial charge >= 0.3 is 5.97 Å². The molecule has 1 aromatic heterocycles. The number of carboxylic acids is 1. The quantitative estimate of drug-likeness (QED) is 0.917. The zero-order chi connectivity index (χ0) is 15.1. The Kier molecular flexibility index (Phi) is 3.61. The smallest absolute Gasteiger partial charge is 0.337 e. The molecule has 1 heterocycles. The van der Waals surface area contributed by atoms with E-state index >= 15 is 0 Å². The molecule has 20 heavy (non-hydrogen) atoms. The molecule has 0 amide bonds. The Bertz CT molecular complexity index is 669. The highest BCUT2D eigenvalue weighted by Gasteiger charge is 2.23. The molecular formula is C15H17ClN2O2. The number of nitrogens with zero attached hydrogens (tertiary/aromatic N) is 2. The van der Waals surface area contributed by atoms with Crippen LogP contribution in [0.25, 0.3) is 11.1 Å². The minimum Gasteiger partial charge on any atom is -0.478 e. The fourth-order valence-corrected chi connectivity index (χ4v) is 2.31. The molecule has 0 saturated heterocycles. The van der Waals surface area contributed by atoms with Crippen molar-refractivity contribution in [2.24, 2.45) is 7.05 Å². The molecule has 0 aliphatic carbocycles. The highest BCUT2D eigenvalue weighted by Crippen LogP contribution is 2.33. The Morgan fingerprint density at radius 3 is 2.55 bits per heavy atom. The van der Waals surface area contributed by atoms with Gasteiger partial charge in [-0.2, -0.15) is 5.10 Å². The standard InChI is InChI=1S/C15H17ClN2O2/c1-15(2,3)13-11(8-18(4)17-13)9-5-6-12(16)10(7-9)14(19)20/h5-8H,1-4H3,(H,19,20). The molecule has 0 aliphatic rings. The van der Waals surface area contributed by atoms with Crippen molar-refractivity contribution < 1.29 is 9.90 Å². The van der Waals surface area contributed by atoms with Crippen LogP contribution in [-0.2, 0) is 12.5 Å². The Hall–Kier alpha value is -1.81. The molecular weight excluding hydrogens is 276 g/mol. The molecule has 1 N–H and O–H groups in total. The summed E-state index contributed by atoms with van der Waals surface area (Å²) >= 11 is 5.91. The zero-order valence-electron chi connectivity index (χ0n) is 11.9. The largest absolute Gasteiger partial charge is 0.478 e. The number of aromatic carboxylic acids is 1. The van der Waals surface area contributed by atoms with Gasteiger partial charge in [-0.15, -0.1) is 0 Å². The van der Waals surface area contributed by atoms with Crippen LogP contribution in [0.15, 0.2) is 24.4 Å². The van der Waals surface area contributed by atoms with Crippen LogP contribution in [0.1, 0.15) is 36.8 Å². The summed E-state index contributed by atoms with van der Waals surface area (Å²) in [5.74, 6) is -1.03. The summed E-state index contributed by atoms with van der Waals surface area (Å²) in [6, 6.07) is 5.03. The summed E-state index contributed by atoms with van der Waals surface area (Å²) in [5, 5.41) is 13.9. The van der Waals surface area contributed by atoms with E-state index in [0.717, 1.165) is 16.8 Å². The lowest BCUT2D eigenvalue weighted by molar-refractivity contribution is 0.0697. The molecule has 1 aromatic carbocycles. The second-order valence-corrected chi connectivity index (χ2v) is 6.22. The van der Waals surface area contributed by atoms with E-state index < -0.39 is 5.97 Å². The van der Waals surface area contributed by atoms with Gasteiger partial charge in [0.2, 0.25) is 0 Å². The van der Waals surface area contributed by atoms with Gasteiger partial charge < -0.3 is 5.11 Å². The lowest BCUT2D eigenvalue weighted by Crippen LogP contribution is -2.13. The normalized spacial score (nSPS) is 11.7. The fraction of sp³-hybridized carbons (Fsp3) is 0.333. The van der Waals surface area contributed by atoms with Gasteiger partial charge in [0.25, 0.3) is 0 Å². The lowest BCUT2D eigenvalue weighted by Gasteiger charge is -2.17. The van der Waals surface area contributed by atoms with Gasteiger partial charge in [-0.1, -0.05) is 38.4 Å². The second kappa shape index (κ2) is 4.94. The lowest BCUT2D eigenvalue weighted by atomic mass is 9.87. The van der Waals surface area contributed by atoms with Gasteiger partial charge in [0.05, 0.1) is 16.3 Å². The van der Waals surface area contributed by atoms with E-state index in [0.29, 0.717) is 0 Å². The number of benzene rings is 1. The maximum Gasteiger partial charge on any atom is 0.337 e. The van der Waals surface area contributed by atoms with Gasteiger partial charge in [-0.25, -0.2) is 4.79 Å². The van der Waals surface area contributed by atoms with Gasteiger partial charge in [-0.3, -0.25) is 4.68 Å². The first-order valence-electron chi connectivity index (χ1n) is 6.27. The number of aromatic nitrogens is 2. The highest BCUT2D eigenvalue weighted by molar-refractivity contribution is 6.33. The third kappa shape index (κ3) is 2.70. The monoisotopic (exact) mass is 292 g/mol. The first kappa shape index (κ1) is 14.6. The molecule has 5 heteroatoms. The van der Waals surface area contributed by atoms with Crippen LogP contribution in [-0.4, -0.2) is 20.9 Å². The third-order valence-corrected chi connectivity index (χ3v) is 3.38. The molecule has 2 aromatic rings. The van der Waals surface area contributed by atoms with Crippen LogP contribution in [0.5, 0.6) is 0 Å². The van der Waals surface area contributed by atoms with E-state index in [9.17, 15) is 4.79 Å². The summed E-state index contributed by atoms with van der Waals surface area (Å²) in [6.45, 7) is 6.23. The van der Waals surface area contributed by atoms with E-state index in [-0.39, 0.29) is 16.0 Å². The molecule has 0 unspecified atom stereocenters. The second-order valence-electron chi connectivity index (χ2n) is 5.81. The number of rotatable bonds is 2. The van der Waals surface area contributed by atoms with Crippen LogP contribution >= 0.6 is 11.6 Å². The minimum atomic E-state index is -1.03. The molecule has 4 nitrogen and oxygen atoms in total. The first-order valence-corrected chi connectivity index (χ1v) is 6.65. The van der Waals surface area contributed by atoms with Gasteiger partial charge in [0.1, 0.15) is 0 Å². The molecule has 106 valence electrons. The van der Waals surface area contributed by atoms with E-state index in [2.05, 4.69) is 25.9 Å². The van der Waals surface area contributed by atoms with E-state index in [4.69, 9.17) is 16.7 Å². The van der Waals surface area contributed by atoms with Gasteiger partial charge in [0, 0.05) is 24.2 Å². The molecule has 0 fully saturated rings. The van der Waals surface area contributed by atoms with Crippen molar-refractivity contribution >= 4 is 17.6 Å². The number of carbonyl (C=O) groups is 1. The first-order chi connectivity index (χ1) is 9.20. The third-order valence-electron chi connectivity index (χ3n) is 3.05. The number of halogens is 1. The number of hydrogen-bond acceptors (Lipinski definition) is 2. The highest BCUT2D eigenvalue weighted by atomic mass is 35.5. The van der Waals surface area contributed by atoms with Crippen molar-refractivity contribution in [3.05, 3.63) is 40.7 Å². The molecule has 0 bridgehead atoms. The SMILES string of the molecule is Cn1cc(-c2ccc(Cl)c(C(=O)O)c2)c(C(C)(C)C)n1. The summed E-state index contributed by atoms with van der Waals surface area (Å²) in [5.41, 5.74) is 2.65. The van der Waals surface area contributed by atoms with Crippen molar-refractivity contribution in [1.82, 2.24) is 9.78 Å².